The van der Waals surface area contributed by atoms with E-state index in [0.29, 0.717) is 35.9 Å². The maximum Gasteiger partial charge on any atom is 0.508 e. The Morgan fingerprint density at radius 1 is 0.864 bits per heavy atom. The van der Waals surface area contributed by atoms with Gasteiger partial charge in [0.05, 0.1) is 13.2 Å². The summed E-state index contributed by atoms with van der Waals surface area (Å²) in [5, 5.41) is 0. The van der Waals surface area contributed by atoms with E-state index in [4.69, 9.17) is 9.47 Å². The van der Waals surface area contributed by atoms with Crippen molar-refractivity contribution >= 4 is 6.16 Å². The third kappa shape index (κ3) is 5.81. The molecule has 0 radical (unpaired) electrons. The molecule has 2 saturated carbocycles. The highest BCUT2D eigenvalue weighted by atomic mass is 16.7. The van der Waals surface area contributed by atoms with Gasteiger partial charge in [-0.15, -0.1) is 0 Å². The van der Waals surface area contributed by atoms with Crippen LogP contribution in [0.1, 0.15) is 79.1 Å². The Morgan fingerprint density at radius 3 is 1.64 bits per heavy atom. The summed E-state index contributed by atoms with van der Waals surface area (Å²) in [5.74, 6) is 1.01. The zero-order chi connectivity index (χ0) is 16.2. The number of carbonyl (C=O) groups excluding carboxylic acids is 1. The second-order valence-electron chi connectivity index (χ2n) is 9.13. The lowest BCUT2D eigenvalue weighted by Gasteiger charge is -2.35. The fraction of sp³-hybridized carbons (Fsp3) is 0.947. The summed E-state index contributed by atoms with van der Waals surface area (Å²) in [5.41, 5.74) is 0.785. The molecule has 2 unspecified atom stereocenters. The van der Waals surface area contributed by atoms with Crippen LogP contribution in [-0.4, -0.2) is 19.4 Å². The van der Waals surface area contributed by atoms with E-state index < -0.39 is 6.16 Å². The SMILES string of the molecule is CC1(C)CCCC(COC(=O)OCC2CCCC(C)(C)C2)C1. The predicted molar refractivity (Wildman–Crippen MR) is 88.8 cm³/mol. The van der Waals surface area contributed by atoms with Crippen LogP contribution in [0.4, 0.5) is 4.79 Å². The van der Waals surface area contributed by atoms with Crippen molar-refractivity contribution in [3.63, 3.8) is 0 Å². The lowest BCUT2D eigenvalue weighted by atomic mass is 9.72. The molecule has 0 aliphatic heterocycles. The van der Waals surface area contributed by atoms with Gasteiger partial charge in [-0.3, -0.25) is 0 Å². The first kappa shape index (κ1) is 17.6. The van der Waals surface area contributed by atoms with Gasteiger partial charge in [0, 0.05) is 0 Å². The van der Waals surface area contributed by atoms with Gasteiger partial charge in [-0.2, -0.15) is 0 Å². The highest BCUT2D eigenvalue weighted by Crippen LogP contribution is 2.39. The fourth-order valence-corrected chi connectivity index (χ4v) is 4.41. The summed E-state index contributed by atoms with van der Waals surface area (Å²) in [4.78, 5) is 11.8. The third-order valence-corrected chi connectivity index (χ3v) is 5.49. The van der Waals surface area contributed by atoms with Gasteiger partial charge in [0.1, 0.15) is 0 Å². The summed E-state index contributed by atoms with van der Waals surface area (Å²) in [6.45, 7) is 10.3. The molecular weight excluding hydrogens is 276 g/mol. The number of hydrogen-bond donors (Lipinski definition) is 0. The highest BCUT2D eigenvalue weighted by Gasteiger charge is 2.30. The van der Waals surface area contributed by atoms with Crippen molar-refractivity contribution in [2.75, 3.05) is 13.2 Å². The average Bonchev–Trinajstić information content (AvgIpc) is 2.41. The topological polar surface area (TPSA) is 35.5 Å². The van der Waals surface area contributed by atoms with E-state index in [-0.39, 0.29) is 0 Å². The molecule has 0 N–H and O–H groups in total. The maximum atomic E-state index is 11.8. The molecule has 128 valence electrons. The lowest BCUT2D eigenvalue weighted by molar-refractivity contribution is 0.0129. The average molecular weight is 310 g/mol. The molecule has 0 aromatic carbocycles. The van der Waals surface area contributed by atoms with Gasteiger partial charge < -0.3 is 9.47 Å². The van der Waals surface area contributed by atoms with E-state index in [2.05, 4.69) is 27.7 Å². The lowest BCUT2D eigenvalue weighted by Crippen LogP contribution is -2.28. The number of hydrogen-bond acceptors (Lipinski definition) is 3. The molecule has 2 fully saturated rings. The van der Waals surface area contributed by atoms with Gasteiger partial charge in [0.2, 0.25) is 0 Å². The Labute approximate surface area is 136 Å². The third-order valence-electron chi connectivity index (χ3n) is 5.49. The van der Waals surface area contributed by atoms with Crippen LogP contribution in [0.5, 0.6) is 0 Å². The molecule has 0 spiro atoms. The zero-order valence-electron chi connectivity index (χ0n) is 15.0. The van der Waals surface area contributed by atoms with Crippen molar-refractivity contribution in [3.8, 4) is 0 Å². The Kier molecular flexibility index (Phi) is 5.79. The Hall–Kier alpha value is -0.730. The molecule has 3 heteroatoms. The van der Waals surface area contributed by atoms with Crippen LogP contribution in [-0.2, 0) is 9.47 Å². The molecule has 0 saturated heterocycles. The van der Waals surface area contributed by atoms with Crippen LogP contribution in [0.2, 0.25) is 0 Å². The standard InChI is InChI=1S/C19H34O3/c1-18(2)9-5-7-15(11-18)13-21-17(20)22-14-16-8-6-10-19(3,4)12-16/h15-16H,5-14H2,1-4H3. The second kappa shape index (κ2) is 7.23. The fourth-order valence-electron chi connectivity index (χ4n) is 4.41. The first-order valence-corrected chi connectivity index (χ1v) is 9.05. The molecule has 0 aromatic rings. The molecule has 2 aliphatic rings. The largest absolute Gasteiger partial charge is 0.508 e. The quantitative estimate of drug-likeness (QED) is 0.636. The highest BCUT2D eigenvalue weighted by molar-refractivity contribution is 5.59. The summed E-state index contributed by atoms with van der Waals surface area (Å²) >= 11 is 0. The molecule has 2 aliphatic carbocycles. The number of carbonyl (C=O) groups is 1. The minimum absolute atomic E-state index is 0.393. The Balaban J connectivity index is 1.64. The molecule has 22 heavy (non-hydrogen) atoms. The molecular formula is C19H34O3. The van der Waals surface area contributed by atoms with Gasteiger partial charge in [-0.05, 0) is 61.2 Å². The normalized spacial score (nSPS) is 30.5. The molecule has 0 amide bonds. The van der Waals surface area contributed by atoms with Crippen molar-refractivity contribution in [2.24, 2.45) is 22.7 Å². The van der Waals surface area contributed by atoms with Crippen LogP contribution < -0.4 is 0 Å². The van der Waals surface area contributed by atoms with E-state index in [0.717, 1.165) is 12.8 Å². The van der Waals surface area contributed by atoms with Gasteiger partial charge in [0.15, 0.2) is 0 Å². The van der Waals surface area contributed by atoms with Gasteiger partial charge in [-0.25, -0.2) is 4.79 Å². The number of rotatable bonds is 4. The summed E-state index contributed by atoms with van der Waals surface area (Å²) in [6.07, 6.45) is 9.23. The first-order chi connectivity index (χ1) is 10.3. The molecule has 0 heterocycles. The van der Waals surface area contributed by atoms with E-state index >= 15 is 0 Å². The molecule has 3 nitrogen and oxygen atoms in total. The Bertz CT molecular complexity index is 339. The smallest absolute Gasteiger partial charge is 0.434 e. The van der Waals surface area contributed by atoms with E-state index in [1.54, 1.807) is 0 Å². The zero-order valence-corrected chi connectivity index (χ0v) is 15.0. The van der Waals surface area contributed by atoms with Crippen molar-refractivity contribution in [1.82, 2.24) is 0 Å². The molecule has 2 rings (SSSR count). The van der Waals surface area contributed by atoms with Gasteiger partial charge in [-0.1, -0.05) is 40.5 Å². The van der Waals surface area contributed by atoms with Gasteiger partial charge >= 0.3 is 6.16 Å². The summed E-state index contributed by atoms with van der Waals surface area (Å²) in [7, 11) is 0. The molecule has 0 bridgehead atoms. The van der Waals surface area contributed by atoms with Crippen molar-refractivity contribution in [2.45, 2.75) is 79.1 Å². The molecule has 2 atom stereocenters. The number of ether oxygens (including phenoxy) is 2. The van der Waals surface area contributed by atoms with Crippen LogP contribution >= 0.6 is 0 Å². The van der Waals surface area contributed by atoms with Crippen LogP contribution in [0.25, 0.3) is 0 Å². The first-order valence-electron chi connectivity index (χ1n) is 9.05. The van der Waals surface area contributed by atoms with Crippen LogP contribution in [0.15, 0.2) is 0 Å². The van der Waals surface area contributed by atoms with Crippen molar-refractivity contribution < 1.29 is 14.3 Å². The molecule has 0 aromatic heterocycles. The summed E-state index contributed by atoms with van der Waals surface area (Å²) < 4.78 is 10.7. The Morgan fingerprint density at radius 2 is 1.27 bits per heavy atom. The van der Waals surface area contributed by atoms with E-state index in [1.165, 1.54) is 38.5 Å². The van der Waals surface area contributed by atoms with Crippen molar-refractivity contribution in [3.05, 3.63) is 0 Å². The monoisotopic (exact) mass is 310 g/mol. The minimum Gasteiger partial charge on any atom is -0.434 e. The minimum atomic E-state index is -0.466. The van der Waals surface area contributed by atoms with Crippen LogP contribution in [0, 0.1) is 22.7 Å². The van der Waals surface area contributed by atoms with E-state index in [9.17, 15) is 4.79 Å². The predicted octanol–water partition coefficient (Wildman–Crippen LogP) is 5.57. The maximum absolute atomic E-state index is 11.8. The van der Waals surface area contributed by atoms with E-state index in [1.807, 2.05) is 0 Å². The second-order valence-corrected chi connectivity index (χ2v) is 9.13. The van der Waals surface area contributed by atoms with Gasteiger partial charge in [0.25, 0.3) is 0 Å². The van der Waals surface area contributed by atoms with Crippen molar-refractivity contribution in [1.29, 1.82) is 0 Å². The summed E-state index contributed by atoms with van der Waals surface area (Å²) in [6, 6.07) is 0. The van der Waals surface area contributed by atoms with Crippen LogP contribution in [0.3, 0.4) is 0 Å².